The number of hydrogen-bond acceptors (Lipinski definition) is 2. The Bertz CT molecular complexity index is 422. The van der Waals surface area contributed by atoms with Crippen LogP contribution in [0.3, 0.4) is 0 Å². The second-order valence-corrected chi connectivity index (χ2v) is 5.01. The van der Waals surface area contributed by atoms with Gasteiger partial charge in [0.05, 0.1) is 0 Å². The van der Waals surface area contributed by atoms with Crippen molar-refractivity contribution < 1.29 is 9.53 Å². The summed E-state index contributed by atoms with van der Waals surface area (Å²) in [5.41, 5.74) is 1.09. The van der Waals surface area contributed by atoms with E-state index in [9.17, 15) is 4.79 Å². The first-order valence-electron chi connectivity index (χ1n) is 6.25. The van der Waals surface area contributed by atoms with Crippen molar-refractivity contribution >= 4 is 17.5 Å². The van der Waals surface area contributed by atoms with Crippen LogP contribution in [0.25, 0.3) is 0 Å². The average Bonchev–Trinajstić information content (AvgIpc) is 3.15. The first-order chi connectivity index (χ1) is 8.74. The van der Waals surface area contributed by atoms with Gasteiger partial charge in [-0.15, -0.1) is 0 Å². The minimum absolute atomic E-state index is 0.0902. The Morgan fingerprint density at radius 3 is 3.00 bits per heavy atom. The number of ether oxygens (including phenoxy) is 1. The molecule has 0 aromatic heterocycles. The lowest BCUT2D eigenvalue weighted by Gasteiger charge is -2.05. The zero-order valence-electron chi connectivity index (χ0n) is 10.5. The van der Waals surface area contributed by atoms with E-state index in [1.54, 1.807) is 7.11 Å². The third-order valence-corrected chi connectivity index (χ3v) is 3.60. The summed E-state index contributed by atoms with van der Waals surface area (Å²) < 4.78 is 4.94. The van der Waals surface area contributed by atoms with Gasteiger partial charge in [0.25, 0.3) is 0 Å². The minimum Gasteiger partial charge on any atom is -0.385 e. The summed E-state index contributed by atoms with van der Waals surface area (Å²) in [5, 5.41) is 3.70. The summed E-state index contributed by atoms with van der Waals surface area (Å²) in [6.45, 7) is 1.36. The van der Waals surface area contributed by atoms with Crippen molar-refractivity contribution in [1.29, 1.82) is 0 Å². The smallest absolute Gasteiger partial charge is 0.223 e. The second kappa shape index (κ2) is 6.21. The van der Waals surface area contributed by atoms with Gasteiger partial charge >= 0.3 is 0 Å². The fourth-order valence-corrected chi connectivity index (χ4v) is 2.44. The van der Waals surface area contributed by atoms with Crippen LogP contribution in [0, 0.1) is 5.92 Å². The van der Waals surface area contributed by atoms with Crippen molar-refractivity contribution in [1.82, 2.24) is 5.32 Å². The molecular weight excluding hydrogens is 250 g/mol. The van der Waals surface area contributed by atoms with Gasteiger partial charge in [-0.3, -0.25) is 4.79 Å². The molecule has 0 saturated heterocycles. The molecule has 0 heterocycles. The number of benzene rings is 1. The molecule has 1 amide bonds. The van der Waals surface area contributed by atoms with Gasteiger partial charge in [0.1, 0.15) is 0 Å². The van der Waals surface area contributed by atoms with Crippen molar-refractivity contribution in [2.45, 2.75) is 18.8 Å². The average molecular weight is 268 g/mol. The Kier molecular flexibility index (Phi) is 4.61. The van der Waals surface area contributed by atoms with E-state index in [-0.39, 0.29) is 11.8 Å². The molecule has 1 aliphatic carbocycles. The highest BCUT2D eigenvalue weighted by molar-refractivity contribution is 6.31. The van der Waals surface area contributed by atoms with E-state index in [1.807, 2.05) is 24.3 Å². The van der Waals surface area contributed by atoms with Crippen LogP contribution in [0.2, 0.25) is 5.02 Å². The van der Waals surface area contributed by atoms with Gasteiger partial charge in [0, 0.05) is 31.2 Å². The molecule has 0 bridgehead atoms. The van der Waals surface area contributed by atoms with Crippen LogP contribution >= 0.6 is 11.6 Å². The van der Waals surface area contributed by atoms with Crippen LogP contribution in [0.15, 0.2) is 24.3 Å². The number of nitrogens with one attached hydrogen (secondary N) is 1. The van der Waals surface area contributed by atoms with Gasteiger partial charge < -0.3 is 10.1 Å². The van der Waals surface area contributed by atoms with E-state index in [0.29, 0.717) is 19.1 Å². The third-order valence-electron chi connectivity index (χ3n) is 3.26. The molecule has 2 rings (SSSR count). The van der Waals surface area contributed by atoms with Crippen LogP contribution in [-0.4, -0.2) is 26.2 Å². The molecule has 1 fully saturated rings. The molecule has 1 saturated carbocycles. The summed E-state index contributed by atoms with van der Waals surface area (Å²) >= 11 is 6.13. The summed E-state index contributed by atoms with van der Waals surface area (Å²) in [5.74, 6) is 0.518. The Morgan fingerprint density at radius 2 is 2.28 bits per heavy atom. The standard InChI is InChI=1S/C14H18ClNO2/c1-18-8-4-7-16-14(17)12-9-11(12)10-5-2-3-6-13(10)15/h2-3,5-6,11-12H,4,7-9H2,1H3,(H,16,17). The van der Waals surface area contributed by atoms with Crippen molar-refractivity contribution in [3.8, 4) is 0 Å². The maximum absolute atomic E-state index is 11.9. The van der Waals surface area contributed by atoms with Gasteiger partial charge in [-0.25, -0.2) is 0 Å². The summed E-state index contributed by atoms with van der Waals surface area (Å²) in [7, 11) is 1.66. The topological polar surface area (TPSA) is 38.3 Å². The van der Waals surface area contributed by atoms with Crippen molar-refractivity contribution in [2.75, 3.05) is 20.3 Å². The molecule has 2 atom stereocenters. The number of carbonyl (C=O) groups is 1. The molecule has 1 aliphatic rings. The number of halogens is 1. The highest BCUT2D eigenvalue weighted by atomic mass is 35.5. The Morgan fingerprint density at radius 1 is 1.50 bits per heavy atom. The molecule has 1 aromatic rings. The fourth-order valence-electron chi connectivity index (χ4n) is 2.16. The minimum atomic E-state index is 0.0902. The van der Waals surface area contributed by atoms with Crippen LogP contribution in [0.4, 0.5) is 0 Å². The summed E-state index contributed by atoms with van der Waals surface area (Å²) in [6, 6.07) is 7.76. The van der Waals surface area contributed by atoms with Crippen LogP contribution in [0.5, 0.6) is 0 Å². The predicted molar refractivity (Wildman–Crippen MR) is 71.8 cm³/mol. The molecular formula is C14H18ClNO2. The van der Waals surface area contributed by atoms with E-state index in [4.69, 9.17) is 16.3 Å². The molecule has 1 aromatic carbocycles. The van der Waals surface area contributed by atoms with Gasteiger partial charge in [-0.1, -0.05) is 29.8 Å². The van der Waals surface area contributed by atoms with Crippen molar-refractivity contribution in [3.63, 3.8) is 0 Å². The van der Waals surface area contributed by atoms with Crippen molar-refractivity contribution in [2.24, 2.45) is 5.92 Å². The van der Waals surface area contributed by atoms with Crippen LogP contribution in [0.1, 0.15) is 24.3 Å². The summed E-state index contributed by atoms with van der Waals surface area (Å²) in [4.78, 5) is 11.9. The largest absolute Gasteiger partial charge is 0.385 e. The first-order valence-corrected chi connectivity index (χ1v) is 6.63. The Hall–Kier alpha value is -1.06. The summed E-state index contributed by atoms with van der Waals surface area (Å²) in [6.07, 6.45) is 1.76. The number of methoxy groups -OCH3 is 1. The van der Waals surface area contributed by atoms with E-state index in [2.05, 4.69) is 5.32 Å². The lowest BCUT2D eigenvalue weighted by Crippen LogP contribution is -2.27. The molecule has 4 heteroatoms. The third kappa shape index (κ3) is 3.24. The zero-order chi connectivity index (χ0) is 13.0. The first kappa shape index (κ1) is 13.4. The highest BCUT2D eigenvalue weighted by Gasteiger charge is 2.44. The van der Waals surface area contributed by atoms with Gasteiger partial charge in [0.15, 0.2) is 0 Å². The lowest BCUT2D eigenvalue weighted by atomic mass is 10.1. The number of rotatable bonds is 6. The van der Waals surface area contributed by atoms with Crippen LogP contribution in [-0.2, 0) is 9.53 Å². The molecule has 3 nitrogen and oxygen atoms in total. The van der Waals surface area contributed by atoms with E-state index in [0.717, 1.165) is 23.4 Å². The Balaban J connectivity index is 1.80. The van der Waals surface area contributed by atoms with Gasteiger partial charge in [-0.05, 0) is 30.4 Å². The number of hydrogen-bond donors (Lipinski definition) is 1. The van der Waals surface area contributed by atoms with Crippen LogP contribution < -0.4 is 5.32 Å². The van der Waals surface area contributed by atoms with E-state index in [1.165, 1.54) is 0 Å². The number of carbonyl (C=O) groups excluding carboxylic acids is 1. The molecule has 98 valence electrons. The van der Waals surface area contributed by atoms with Gasteiger partial charge in [-0.2, -0.15) is 0 Å². The Labute approximate surface area is 112 Å². The normalized spacial score (nSPS) is 21.7. The quantitative estimate of drug-likeness (QED) is 0.805. The van der Waals surface area contributed by atoms with E-state index >= 15 is 0 Å². The molecule has 18 heavy (non-hydrogen) atoms. The second-order valence-electron chi connectivity index (χ2n) is 4.61. The highest BCUT2D eigenvalue weighted by Crippen LogP contribution is 2.49. The van der Waals surface area contributed by atoms with Gasteiger partial charge in [0.2, 0.25) is 5.91 Å². The number of amides is 1. The van der Waals surface area contributed by atoms with E-state index < -0.39 is 0 Å². The molecule has 0 radical (unpaired) electrons. The monoisotopic (exact) mass is 267 g/mol. The molecule has 2 unspecified atom stereocenters. The molecule has 0 spiro atoms. The molecule has 0 aliphatic heterocycles. The van der Waals surface area contributed by atoms with Crippen molar-refractivity contribution in [3.05, 3.63) is 34.9 Å². The zero-order valence-corrected chi connectivity index (χ0v) is 11.2. The SMILES string of the molecule is COCCCNC(=O)C1CC1c1ccccc1Cl. The molecule has 1 N–H and O–H groups in total. The maximum Gasteiger partial charge on any atom is 0.223 e. The lowest BCUT2D eigenvalue weighted by molar-refractivity contribution is -0.122. The fraction of sp³-hybridized carbons (Fsp3) is 0.500. The predicted octanol–water partition coefficient (Wildman–Crippen LogP) is 2.60. The maximum atomic E-state index is 11.9.